The van der Waals surface area contributed by atoms with Crippen LogP contribution in [0.1, 0.15) is 11.1 Å². The van der Waals surface area contributed by atoms with E-state index in [9.17, 15) is 13.0 Å². The molecule has 0 radical (unpaired) electrons. The zero-order valence-electron chi connectivity index (χ0n) is 11.0. The predicted octanol–water partition coefficient (Wildman–Crippen LogP) is -0.653. The molecule has 2 rings (SSSR count). The van der Waals surface area contributed by atoms with Gasteiger partial charge in [-0.1, -0.05) is 42.5 Å². The Balaban J connectivity index is 0.00000200. The van der Waals surface area contributed by atoms with Crippen molar-refractivity contribution in [2.24, 2.45) is 0 Å². The van der Waals surface area contributed by atoms with Gasteiger partial charge in [0.25, 0.3) is 0 Å². The molecule has 20 heavy (non-hydrogen) atoms. The molecule has 0 heterocycles. The fourth-order valence-electron chi connectivity index (χ4n) is 1.64. The second-order valence-electron chi connectivity index (χ2n) is 3.99. The molecule has 0 unspecified atom stereocenters. The van der Waals surface area contributed by atoms with Crippen LogP contribution in [-0.2, 0) is 10.1 Å². The second-order valence-corrected chi connectivity index (χ2v) is 5.34. The van der Waals surface area contributed by atoms with Gasteiger partial charge in [-0.25, -0.2) is 8.42 Å². The fraction of sp³-hybridized carbons (Fsp3) is 0. The molecule has 0 aliphatic carbocycles. The molecule has 2 aromatic rings. The Morgan fingerprint density at radius 1 is 0.950 bits per heavy atom. The van der Waals surface area contributed by atoms with Crippen LogP contribution in [-0.4, -0.2) is 13.0 Å². The molecular formula is C14H12NNaO3S. The minimum atomic E-state index is -4.47. The Morgan fingerprint density at radius 3 is 2.15 bits per heavy atom. The summed E-state index contributed by atoms with van der Waals surface area (Å²) in [6.45, 7) is 0. The third-order valence-corrected chi connectivity index (χ3v) is 3.49. The zero-order chi connectivity index (χ0) is 13.9. The van der Waals surface area contributed by atoms with Gasteiger partial charge in [-0.2, -0.15) is 0 Å². The van der Waals surface area contributed by atoms with Crippen molar-refractivity contribution in [1.29, 1.82) is 0 Å². The largest absolute Gasteiger partial charge is 1.00 e. The first-order valence-corrected chi connectivity index (χ1v) is 6.96. The van der Waals surface area contributed by atoms with Gasteiger partial charge in [-0.3, -0.25) is 0 Å². The molecule has 0 spiro atoms. The number of rotatable bonds is 3. The SMILES string of the molecule is Nc1ccc(/C=C\c2ccccc2S(=O)(=O)[O-])cc1.[Na+]. The molecular weight excluding hydrogens is 285 g/mol. The molecule has 98 valence electrons. The smallest absolute Gasteiger partial charge is 0.744 e. The summed E-state index contributed by atoms with van der Waals surface area (Å²) in [5, 5.41) is 0. The van der Waals surface area contributed by atoms with Crippen LogP contribution >= 0.6 is 0 Å². The van der Waals surface area contributed by atoms with Crippen LogP contribution in [0.4, 0.5) is 5.69 Å². The second kappa shape index (κ2) is 7.06. The van der Waals surface area contributed by atoms with Crippen molar-refractivity contribution in [3.63, 3.8) is 0 Å². The molecule has 0 bridgehead atoms. The number of nitrogen functional groups attached to an aromatic ring is 1. The van der Waals surface area contributed by atoms with Crippen molar-refractivity contribution in [3.8, 4) is 0 Å². The zero-order valence-corrected chi connectivity index (χ0v) is 13.8. The summed E-state index contributed by atoms with van der Waals surface area (Å²) in [6.07, 6.45) is 3.32. The molecule has 0 fully saturated rings. The maximum absolute atomic E-state index is 11.1. The predicted molar refractivity (Wildman–Crippen MR) is 74.2 cm³/mol. The van der Waals surface area contributed by atoms with E-state index in [1.807, 2.05) is 0 Å². The molecule has 0 saturated heterocycles. The summed E-state index contributed by atoms with van der Waals surface area (Å²) in [7, 11) is -4.47. The Kier molecular flexibility index (Phi) is 5.98. The average Bonchev–Trinajstić information content (AvgIpc) is 2.37. The van der Waals surface area contributed by atoms with Crippen molar-refractivity contribution in [3.05, 3.63) is 59.7 Å². The van der Waals surface area contributed by atoms with E-state index in [4.69, 9.17) is 5.73 Å². The number of benzene rings is 2. The van der Waals surface area contributed by atoms with Crippen LogP contribution in [0.2, 0.25) is 0 Å². The molecule has 0 amide bonds. The number of hydrogen-bond acceptors (Lipinski definition) is 4. The van der Waals surface area contributed by atoms with Crippen molar-refractivity contribution >= 4 is 28.0 Å². The third-order valence-electron chi connectivity index (χ3n) is 2.58. The van der Waals surface area contributed by atoms with Gasteiger partial charge in [0.1, 0.15) is 10.1 Å². The molecule has 2 aromatic carbocycles. The van der Waals surface area contributed by atoms with E-state index in [-0.39, 0.29) is 34.5 Å². The summed E-state index contributed by atoms with van der Waals surface area (Å²) in [6, 6.07) is 13.2. The van der Waals surface area contributed by atoms with Crippen LogP contribution in [0, 0.1) is 0 Å². The Hall–Kier alpha value is -1.11. The van der Waals surface area contributed by atoms with E-state index < -0.39 is 10.1 Å². The third kappa shape index (κ3) is 4.47. The number of nitrogens with two attached hydrogens (primary N) is 1. The van der Waals surface area contributed by atoms with E-state index in [2.05, 4.69) is 0 Å². The molecule has 0 atom stereocenters. The number of hydrogen-bond donors (Lipinski definition) is 1. The molecule has 6 heteroatoms. The Morgan fingerprint density at radius 2 is 1.55 bits per heavy atom. The summed E-state index contributed by atoms with van der Waals surface area (Å²) in [5.74, 6) is 0. The maximum atomic E-state index is 11.1. The first-order chi connectivity index (χ1) is 8.97. The van der Waals surface area contributed by atoms with Crippen LogP contribution in [0.25, 0.3) is 12.2 Å². The van der Waals surface area contributed by atoms with Gasteiger partial charge in [0.15, 0.2) is 0 Å². The first kappa shape index (κ1) is 16.9. The summed E-state index contributed by atoms with van der Waals surface area (Å²) < 4.78 is 33.3. The molecule has 0 aliphatic heterocycles. The number of anilines is 1. The van der Waals surface area contributed by atoms with Crippen molar-refractivity contribution < 1.29 is 42.5 Å². The van der Waals surface area contributed by atoms with Gasteiger partial charge in [0.2, 0.25) is 0 Å². The summed E-state index contributed by atoms with van der Waals surface area (Å²) >= 11 is 0. The van der Waals surface area contributed by atoms with Gasteiger partial charge < -0.3 is 10.3 Å². The summed E-state index contributed by atoms with van der Waals surface area (Å²) in [5.41, 5.74) is 7.46. The van der Waals surface area contributed by atoms with Gasteiger partial charge in [0.05, 0.1) is 4.90 Å². The standard InChI is InChI=1S/C14H13NO3S.Na/c15-13-9-6-11(7-10-13)5-8-12-3-1-2-4-14(12)19(16,17)18;/h1-10H,15H2,(H,16,17,18);/q;+1/p-1/b8-5-;. The first-order valence-electron chi connectivity index (χ1n) is 5.55. The molecule has 0 saturated carbocycles. The fourth-order valence-corrected chi connectivity index (χ4v) is 2.31. The maximum Gasteiger partial charge on any atom is 1.00 e. The molecule has 4 nitrogen and oxygen atoms in total. The van der Waals surface area contributed by atoms with E-state index in [1.165, 1.54) is 12.1 Å². The van der Waals surface area contributed by atoms with Crippen LogP contribution in [0.15, 0.2) is 53.4 Å². The van der Waals surface area contributed by atoms with Crippen LogP contribution in [0.5, 0.6) is 0 Å². The van der Waals surface area contributed by atoms with Crippen molar-refractivity contribution in [1.82, 2.24) is 0 Å². The van der Waals surface area contributed by atoms with Gasteiger partial charge in [-0.05, 0) is 29.3 Å². The van der Waals surface area contributed by atoms with E-state index >= 15 is 0 Å². The normalized spacial score (nSPS) is 11.2. The molecule has 0 aromatic heterocycles. The van der Waals surface area contributed by atoms with E-state index in [0.29, 0.717) is 11.3 Å². The molecule has 0 aliphatic rings. The van der Waals surface area contributed by atoms with E-state index in [1.54, 1.807) is 48.6 Å². The van der Waals surface area contributed by atoms with E-state index in [0.717, 1.165) is 5.56 Å². The molecule has 2 N–H and O–H groups in total. The quantitative estimate of drug-likeness (QED) is 0.353. The minimum absolute atomic E-state index is 0. The Bertz CT molecular complexity index is 709. The Labute approximate surface area is 140 Å². The summed E-state index contributed by atoms with van der Waals surface area (Å²) in [4.78, 5) is -0.221. The van der Waals surface area contributed by atoms with Gasteiger partial charge in [0, 0.05) is 5.69 Å². The van der Waals surface area contributed by atoms with Crippen LogP contribution < -0.4 is 35.3 Å². The van der Waals surface area contributed by atoms with Crippen molar-refractivity contribution in [2.45, 2.75) is 4.90 Å². The monoisotopic (exact) mass is 297 g/mol. The minimum Gasteiger partial charge on any atom is -0.744 e. The topological polar surface area (TPSA) is 83.2 Å². The van der Waals surface area contributed by atoms with Gasteiger partial charge in [-0.15, -0.1) is 0 Å². The average molecular weight is 297 g/mol. The van der Waals surface area contributed by atoms with Crippen LogP contribution in [0.3, 0.4) is 0 Å². The van der Waals surface area contributed by atoms with Gasteiger partial charge >= 0.3 is 29.6 Å². The van der Waals surface area contributed by atoms with Crippen molar-refractivity contribution in [2.75, 3.05) is 5.73 Å².